The molecule has 6 heteroatoms. The van der Waals surface area contributed by atoms with E-state index in [-0.39, 0.29) is 24.4 Å². The van der Waals surface area contributed by atoms with Gasteiger partial charge in [0.05, 0.1) is 6.54 Å². The molecule has 0 radical (unpaired) electrons. The molecule has 1 aromatic carbocycles. The molecule has 2 rings (SSSR count). The van der Waals surface area contributed by atoms with Gasteiger partial charge in [-0.15, -0.1) is 0 Å². The van der Waals surface area contributed by atoms with Gasteiger partial charge >= 0.3 is 5.97 Å². The van der Waals surface area contributed by atoms with Gasteiger partial charge < -0.3 is 5.11 Å². The molecule has 0 spiro atoms. The molecule has 1 fully saturated rings. The fourth-order valence-electron chi connectivity index (χ4n) is 3.34. The zero-order valence-corrected chi connectivity index (χ0v) is 13.6. The monoisotopic (exact) mass is 326 g/mol. The standard InChI is InChI=1S/C17H24F2N2O2/c1-3-20(11-17(22)23)14-6-8-21(9-7-14)12(2)15-10-13(18)4-5-16(15)19/h4-5,10,12,14H,3,6-9,11H2,1-2H3,(H,22,23). The second-order valence-corrected chi connectivity index (χ2v) is 6.07. The fourth-order valence-corrected chi connectivity index (χ4v) is 3.34. The summed E-state index contributed by atoms with van der Waals surface area (Å²) in [6.07, 6.45) is 1.67. The van der Waals surface area contributed by atoms with Gasteiger partial charge in [-0.2, -0.15) is 0 Å². The maximum atomic E-state index is 13.9. The van der Waals surface area contributed by atoms with E-state index in [0.29, 0.717) is 12.1 Å². The van der Waals surface area contributed by atoms with Crippen LogP contribution in [0.3, 0.4) is 0 Å². The number of rotatable bonds is 6. The Morgan fingerprint density at radius 1 is 1.39 bits per heavy atom. The summed E-state index contributed by atoms with van der Waals surface area (Å²) < 4.78 is 27.3. The van der Waals surface area contributed by atoms with E-state index < -0.39 is 11.8 Å². The number of hydrogen-bond acceptors (Lipinski definition) is 3. The highest BCUT2D eigenvalue weighted by molar-refractivity contribution is 5.69. The third kappa shape index (κ3) is 4.48. The number of carboxylic acids is 1. The van der Waals surface area contributed by atoms with Gasteiger partial charge in [-0.25, -0.2) is 8.78 Å². The van der Waals surface area contributed by atoms with Gasteiger partial charge in [-0.1, -0.05) is 6.92 Å². The van der Waals surface area contributed by atoms with Crippen LogP contribution in [0.4, 0.5) is 8.78 Å². The third-order valence-electron chi connectivity index (χ3n) is 4.72. The summed E-state index contributed by atoms with van der Waals surface area (Å²) in [5.74, 6) is -1.63. The number of carboxylic acid groups (broad SMARTS) is 1. The topological polar surface area (TPSA) is 43.8 Å². The number of likely N-dealkylation sites (tertiary alicyclic amines) is 1. The quantitative estimate of drug-likeness (QED) is 0.873. The van der Waals surface area contributed by atoms with E-state index in [0.717, 1.165) is 32.0 Å². The summed E-state index contributed by atoms with van der Waals surface area (Å²) in [5.41, 5.74) is 0.376. The Balaban J connectivity index is 1.98. The first-order valence-electron chi connectivity index (χ1n) is 8.07. The van der Waals surface area contributed by atoms with Gasteiger partial charge in [0.15, 0.2) is 0 Å². The smallest absolute Gasteiger partial charge is 0.317 e. The van der Waals surface area contributed by atoms with Gasteiger partial charge in [0.25, 0.3) is 0 Å². The first kappa shape index (κ1) is 17.8. The predicted octanol–water partition coefficient (Wildman–Crippen LogP) is 2.90. The van der Waals surface area contributed by atoms with Crippen molar-refractivity contribution in [3.63, 3.8) is 0 Å². The van der Waals surface area contributed by atoms with E-state index in [4.69, 9.17) is 5.11 Å². The zero-order valence-electron chi connectivity index (χ0n) is 13.6. The minimum Gasteiger partial charge on any atom is -0.480 e. The third-order valence-corrected chi connectivity index (χ3v) is 4.72. The van der Waals surface area contributed by atoms with Crippen LogP contribution in [0.25, 0.3) is 0 Å². The van der Waals surface area contributed by atoms with Crippen LogP contribution in [0.15, 0.2) is 18.2 Å². The van der Waals surface area contributed by atoms with Gasteiger partial charge in [0.2, 0.25) is 0 Å². The van der Waals surface area contributed by atoms with Crippen LogP contribution in [-0.4, -0.2) is 53.1 Å². The van der Waals surface area contributed by atoms with Crippen molar-refractivity contribution in [3.05, 3.63) is 35.4 Å². The van der Waals surface area contributed by atoms with Crippen LogP contribution in [0.5, 0.6) is 0 Å². The second-order valence-electron chi connectivity index (χ2n) is 6.07. The van der Waals surface area contributed by atoms with Gasteiger partial charge in [-0.05, 0) is 44.5 Å². The summed E-state index contributed by atoms with van der Waals surface area (Å²) in [7, 11) is 0. The van der Waals surface area contributed by atoms with E-state index in [2.05, 4.69) is 4.90 Å². The van der Waals surface area contributed by atoms with Crippen molar-refractivity contribution in [2.45, 2.75) is 38.8 Å². The lowest BCUT2D eigenvalue weighted by Gasteiger charge is -2.40. The minimum atomic E-state index is -0.815. The average molecular weight is 326 g/mol. The van der Waals surface area contributed by atoms with Crippen molar-refractivity contribution in [1.82, 2.24) is 9.80 Å². The maximum absolute atomic E-state index is 13.9. The first-order valence-corrected chi connectivity index (χ1v) is 8.07. The Labute approximate surface area is 135 Å². The van der Waals surface area contributed by atoms with Crippen molar-refractivity contribution in [2.24, 2.45) is 0 Å². The molecule has 1 heterocycles. The molecule has 0 bridgehead atoms. The molecule has 1 aliphatic rings. The van der Waals surface area contributed by atoms with Crippen LogP contribution >= 0.6 is 0 Å². The minimum absolute atomic E-state index is 0.0508. The number of aliphatic carboxylic acids is 1. The van der Waals surface area contributed by atoms with Crippen molar-refractivity contribution in [1.29, 1.82) is 0 Å². The van der Waals surface area contributed by atoms with Crippen molar-refractivity contribution in [2.75, 3.05) is 26.2 Å². The van der Waals surface area contributed by atoms with Crippen molar-refractivity contribution in [3.8, 4) is 0 Å². The van der Waals surface area contributed by atoms with Crippen molar-refractivity contribution < 1.29 is 18.7 Å². The maximum Gasteiger partial charge on any atom is 0.317 e. The van der Waals surface area contributed by atoms with Crippen LogP contribution in [0, 0.1) is 11.6 Å². The van der Waals surface area contributed by atoms with Gasteiger partial charge in [0.1, 0.15) is 11.6 Å². The molecule has 0 amide bonds. The molecule has 1 aromatic rings. The number of halogens is 2. The van der Waals surface area contributed by atoms with Crippen molar-refractivity contribution >= 4 is 5.97 Å². The molecule has 0 aliphatic carbocycles. The second kappa shape index (κ2) is 7.84. The summed E-state index contributed by atoms with van der Waals surface area (Å²) in [6.45, 7) is 6.09. The molecule has 1 N–H and O–H groups in total. The molecule has 1 saturated heterocycles. The summed E-state index contributed by atoms with van der Waals surface area (Å²) in [6, 6.07) is 3.59. The van der Waals surface area contributed by atoms with Gasteiger partial charge in [0, 0.05) is 30.7 Å². The lowest BCUT2D eigenvalue weighted by atomic mass is 9.98. The van der Waals surface area contributed by atoms with Crippen LogP contribution in [-0.2, 0) is 4.79 Å². The number of benzene rings is 1. The van der Waals surface area contributed by atoms with E-state index in [1.807, 2.05) is 18.7 Å². The number of nitrogens with zero attached hydrogens (tertiary/aromatic N) is 2. The fraction of sp³-hybridized carbons (Fsp3) is 0.588. The average Bonchev–Trinajstić information content (AvgIpc) is 2.54. The SMILES string of the molecule is CCN(CC(=O)O)C1CCN(C(C)c2cc(F)ccc2F)CC1. The highest BCUT2D eigenvalue weighted by Gasteiger charge is 2.28. The Bertz CT molecular complexity index is 545. The first-order chi connectivity index (χ1) is 10.9. The summed E-state index contributed by atoms with van der Waals surface area (Å²) in [5, 5.41) is 8.96. The van der Waals surface area contributed by atoms with E-state index >= 15 is 0 Å². The highest BCUT2D eigenvalue weighted by atomic mass is 19.1. The molecule has 128 valence electrons. The molecule has 23 heavy (non-hydrogen) atoms. The van der Waals surface area contributed by atoms with E-state index in [1.165, 1.54) is 12.1 Å². The number of likely N-dealkylation sites (N-methyl/N-ethyl adjacent to an activating group) is 1. The zero-order chi connectivity index (χ0) is 17.0. The normalized spacial score (nSPS) is 18.3. The molecule has 4 nitrogen and oxygen atoms in total. The number of piperidine rings is 1. The number of hydrogen-bond donors (Lipinski definition) is 1. The highest BCUT2D eigenvalue weighted by Crippen LogP contribution is 2.28. The largest absolute Gasteiger partial charge is 0.480 e. The van der Waals surface area contributed by atoms with Crippen LogP contribution < -0.4 is 0 Å². The Hall–Kier alpha value is -1.53. The van der Waals surface area contributed by atoms with Crippen LogP contribution in [0.1, 0.15) is 38.3 Å². The van der Waals surface area contributed by atoms with Crippen LogP contribution in [0.2, 0.25) is 0 Å². The molecule has 0 aromatic heterocycles. The molecule has 1 unspecified atom stereocenters. The Morgan fingerprint density at radius 2 is 2.04 bits per heavy atom. The lowest BCUT2D eigenvalue weighted by Crippen LogP contribution is -2.47. The van der Waals surface area contributed by atoms with E-state index in [9.17, 15) is 13.6 Å². The molecule has 1 aliphatic heterocycles. The summed E-state index contributed by atoms with van der Waals surface area (Å²) in [4.78, 5) is 15.0. The van der Waals surface area contributed by atoms with Gasteiger partial charge in [-0.3, -0.25) is 14.6 Å². The molecular formula is C17H24F2N2O2. The Morgan fingerprint density at radius 3 is 2.61 bits per heavy atom. The summed E-state index contributed by atoms with van der Waals surface area (Å²) >= 11 is 0. The Kier molecular flexibility index (Phi) is 6.07. The lowest BCUT2D eigenvalue weighted by molar-refractivity contribution is -0.139. The molecule has 1 atom stereocenters. The molecule has 0 saturated carbocycles. The predicted molar refractivity (Wildman–Crippen MR) is 84.3 cm³/mol. The number of carbonyl (C=O) groups is 1. The van der Waals surface area contributed by atoms with E-state index in [1.54, 1.807) is 0 Å². The molecular weight excluding hydrogens is 302 g/mol.